The number of halogens is 2. The van der Waals surface area contributed by atoms with E-state index in [4.69, 9.17) is 0 Å². The summed E-state index contributed by atoms with van der Waals surface area (Å²) in [6, 6.07) is 12.6. The van der Waals surface area contributed by atoms with E-state index >= 15 is 0 Å². The Morgan fingerprint density at radius 1 is 1.12 bits per heavy atom. The van der Waals surface area contributed by atoms with Gasteiger partial charge in [0.2, 0.25) is 5.91 Å². The standard InChI is InChI=1S/C18H15F2NO3/c1-12(22)21-15-7-4-6-14(11-15)16(23)10-9-13-5-2-3-8-17(13)24-18(19)20/h2-11,18H,1H3,(H,21,22). The van der Waals surface area contributed by atoms with Crippen molar-refractivity contribution in [3.05, 3.63) is 65.7 Å². The summed E-state index contributed by atoms with van der Waals surface area (Å²) in [5.74, 6) is -0.578. The molecule has 0 saturated heterocycles. The average molecular weight is 331 g/mol. The van der Waals surface area contributed by atoms with Crippen LogP contribution in [0.15, 0.2) is 54.6 Å². The van der Waals surface area contributed by atoms with Gasteiger partial charge in [0.15, 0.2) is 5.78 Å². The number of benzene rings is 2. The minimum atomic E-state index is -2.94. The summed E-state index contributed by atoms with van der Waals surface area (Å²) in [4.78, 5) is 23.2. The first kappa shape index (κ1) is 17.3. The fraction of sp³-hybridized carbons (Fsp3) is 0.111. The first-order chi connectivity index (χ1) is 11.5. The Labute approximate surface area is 137 Å². The van der Waals surface area contributed by atoms with E-state index in [2.05, 4.69) is 10.1 Å². The van der Waals surface area contributed by atoms with E-state index in [9.17, 15) is 18.4 Å². The quantitative estimate of drug-likeness (QED) is 0.639. The summed E-state index contributed by atoms with van der Waals surface area (Å²) in [7, 11) is 0. The Morgan fingerprint density at radius 3 is 2.58 bits per heavy atom. The number of allylic oxidation sites excluding steroid dienone is 1. The van der Waals surface area contributed by atoms with E-state index in [-0.39, 0.29) is 17.4 Å². The molecule has 0 aliphatic rings. The van der Waals surface area contributed by atoms with E-state index < -0.39 is 6.61 Å². The number of hydrogen-bond donors (Lipinski definition) is 1. The molecule has 0 spiro atoms. The van der Waals surface area contributed by atoms with Gasteiger partial charge in [-0.15, -0.1) is 0 Å². The highest BCUT2D eigenvalue weighted by Gasteiger charge is 2.08. The molecular formula is C18H15F2NO3. The number of carbonyl (C=O) groups is 2. The van der Waals surface area contributed by atoms with Gasteiger partial charge in [0.25, 0.3) is 0 Å². The van der Waals surface area contributed by atoms with Gasteiger partial charge in [-0.2, -0.15) is 8.78 Å². The second-order valence-electron chi connectivity index (χ2n) is 4.88. The van der Waals surface area contributed by atoms with Gasteiger partial charge >= 0.3 is 6.61 Å². The number of alkyl halides is 2. The van der Waals surface area contributed by atoms with Crippen LogP contribution in [0.5, 0.6) is 5.75 Å². The van der Waals surface area contributed by atoms with Gasteiger partial charge in [-0.1, -0.05) is 30.3 Å². The van der Waals surface area contributed by atoms with Crippen LogP contribution in [-0.2, 0) is 4.79 Å². The predicted octanol–water partition coefficient (Wildman–Crippen LogP) is 4.14. The number of amides is 1. The smallest absolute Gasteiger partial charge is 0.387 e. The van der Waals surface area contributed by atoms with Crippen LogP contribution in [0, 0.1) is 0 Å². The van der Waals surface area contributed by atoms with Gasteiger partial charge in [-0.05, 0) is 30.4 Å². The Kier molecular flexibility index (Phi) is 5.78. The fourth-order valence-corrected chi connectivity index (χ4v) is 2.04. The minimum absolute atomic E-state index is 0.0106. The normalized spacial score (nSPS) is 10.8. The molecule has 1 N–H and O–H groups in total. The Hall–Kier alpha value is -3.02. The van der Waals surface area contributed by atoms with E-state index in [0.29, 0.717) is 16.8 Å². The molecule has 1 amide bonds. The molecule has 0 radical (unpaired) electrons. The number of nitrogens with one attached hydrogen (secondary N) is 1. The lowest BCUT2D eigenvalue weighted by molar-refractivity contribution is -0.114. The van der Waals surface area contributed by atoms with Crippen LogP contribution in [-0.4, -0.2) is 18.3 Å². The second kappa shape index (κ2) is 8.01. The van der Waals surface area contributed by atoms with E-state index in [1.54, 1.807) is 36.4 Å². The molecule has 0 saturated carbocycles. The monoisotopic (exact) mass is 331 g/mol. The molecule has 0 heterocycles. The van der Waals surface area contributed by atoms with Gasteiger partial charge in [-0.25, -0.2) is 0 Å². The number of ketones is 1. The third-order valence-corrected chi connectivity index (χ3v) is 3.02. The van der Waals surface area contributed by atoms with Crippen molar-refractivity contribution in [3.63, 3.8) is 0 Å². The molecule has 0 unspecified atom stereocenters. The van der Waals surface area contributed by atoms with E-state index in [0.717, 1.165) is 0 Å². The van der Waals surface area contributed by atoms with Crippen LogP contribution >= 0.6 is 0 Å². The molecule has 0 aromatic heterocycles. The van der Waals surface area contributed by atoms with Gasteiger partial charge in [0.05, 0.1) is 0 Å². The molecular weight excluding hydrogens is 316 g/mol. The maximum absolute atomic E-state index is 12.4. The number of ether oxygens (including phenoxy) is 1. The molecule has 0 fully saturated rings. The molecule has 0 aliphatic carbocycles. The van der Waals surface area contributed by atoms with Gasteiger partial charge in [0.1, 0.15) is 5.75 Å². The summed E-state index contributed by atoms with van der Waals surface area (Å²) < 4.78 is 29.1. The zero-order valence-corrected chi connectivity index (χ0v) is 12.8. The number of carbonyl (C=O) groups excluding carboxylic acids is 2. The van der Waals surface area contributed by atoms with Crippen molar-refractivity contribution in [1.29, 1.82) is 0 Å². The van der Waals surface area contributed by atoms with Crippen LogP contribution in [0.1, 0.15) is 22.8 Å². The maximum Gasteiger partial charge on any atom is 0.387 e. The lowest BCUT2D eigenvalue weighted by Gasteiger charge is -2.07. The molecule has 0 aliphatic heterocycles. The van der Waals surface area contributed by atoms with Crippen LogP contribution in [0.4, 0.5) is 14.5 Å². The number of hydrogen-bond acceptors (Lipinski definition) is 3. The third-order valence-electron chi connectivity index (χ3n) is 3.02. The van der Waals surface area contributed by atoms with Gasteiger partial charge in [0, 0.05) is 23.7 Å². The zero-order chi connectivity index (χ0) is 17.5. The van der Waals surface area contributed by atoms with Crippen LogP contribution < -0.4 is 10.1 Å². The van der Waals surface area contributed by atoms with Crippen LogP contribution in [0.25, 0.3) is 6.08 Å². The molecule has 0 bridgehead atoms. The summed E-state index contributed by atoms with van der Waals surface area (Å²) in [5, 5.41) is 2.59. The summed E-state index contributed by atoms with van der Waals surface area (Å²) >= 11 is 0. The van der Waals surface area contributed by atoms with Crippen molar-refractivity contribution < 1.29 is 23.1 Å². The Balaban J connectivity index is 2.18. The molecule has 2 rings (SSSR count). The maximum atomic E-state index is 12.4. The van der Waals surface area contributed by atoms with Crippen molar-refractivity contribution in [1.82, 2.24) is 0 Å². The highest BCUT2D eigenvalue weighted by Crippen LogP contribution is 2.22. The van der Waals surface area contributed by atoms with Crippen LogP contribution in [0.2, 0.25) is 0 Å². The second-order valence-corrected chi connectivity index (χ2v) is 4.88. The molecule has 0 atom stereocenters. The zero-order valence-electron chi connectivity index (χ0n) is 12.8. The third kappa shape index (κ3) is 5.01. The SMILES string of the molecule is CC(=O)Nc1cccc(C(=O)C=Cc2ccccc2OC(F)F)c1. The van der Waals surface area contributed by atoms with Crippen molar-refractivity contribution in [2.24, 2.45) is 0 Å². The largest absolute Gasteiger partial charge is 0.434 e. The highest BCUT2D eigenvalue weighted by molar-refractivity contribution is 6.07. The molecule has 24 heavy (non-hydrogen) atoms. The number of rotatable bonds is 6. The van der Waals surface area contributed by atoms with Crippen LogP contribution in [0.3, 0.4) is 0 Å². The molecule has 2 aromatic rings. The first-order valence-electron chi connectivity index (χ1n) is 7.09. The first-order valence-corrected chi connectivity index (χ1v) is 7.09. The average Bonchev–Trinajstić information content (AvgIpc) is 2.53. The Morgan fingerprint density at radius 2 is 1.88 bits per heavy atom. The predicted molar refractivity (Wildman–Crippen MR) is 87.2 cm³/mol. The lowest BCUT2D eigenvalue weighted by Crippen LogP contribution is -2.06. The minimum Gasteiger partial charge on any atom is -0.434 e. The summed E-state index contributed by atoms with van der Waals surface area (Å²) in [6.45, 7) is -1.57. The Bertz CT molecular complexity index is 772. The van der Waals surface area contributed by atoms with Gasteiger partial charge < -0.3 is 10.1 Å². The summed E-state index contributed by atoms with van der Waals surface area (Å²) in [5.41, 5.74) is 1.23. The summed E-state index contributed by atoms with van der Waals surface area (Å²) in [6.07, 6.45) is 2.67. The van der Waals surface area contributed by atoms with Crippen molar-refractivity contribution in [3.8, 4) is 5.75 Å². The molecule has 2 aromatic carbocycles. The van der Waals surface area contributed by atoms with E-state index in [1.807, 2.05) is 0 Å². The molecule has 4 nitrogen and oxygen atoms in total. The van der Waals surface area contributed by atoms with Crippen molar-refractivity contribution in [2.45, 2.75) is 13.5 Å². The number of anilines is 1. The number of para-hydroxylation sites is 1. The lowest BCUT2D eigenvalue weighted by atomic mass is 10.1. The topological polar surface area (TPSA) is 55.4 Å². The fourth-order valence-electron chi connectivity index (χ4n) is 2.04. The van der Waals surface area contributed by atoms with Crippen molar-refractivity contribution in [2.75, 3.05) is 5.32 Å². The molecule has 6 heteroatoms. The van der Waals surface area contributed by atoms with Gasteiger partial charge in [-0.3, -0.25) is 9.59 Å². The van der Waals surface area contributed by atoms with Crippen molar-refractivity contribution >= 4 is 23.5 Å². The highest BCUT2D eigenvalue weighted by atomic mass is 19.3. The molecule has 124 valence electrons. The van der Waals surface area contributed by atoms with E-state index in [1.165, 1.54) is 31.2 Å².